The van der Waals surface area contributed by atoms with E-state index in [1.54, 1.807) is 24.5 Å². The standard InChI is InChI=1S/C12H14N2O2/c1-8(13)12-14-10(7-16-12)5-9-3-2-4-11(15)6-9/h2-4,6-8,15H,5,13H2,1H3. The van der Waals surface area contributed by atoms with E-state index in [-0.39, 0.29) is 11.8 Å². The van der Waals surface area contributed by atoms with Gasteiger partial charge in [0.15, 0.2) is 0 Å². The molecule has 2 rings (SSSR count). The third-order valence-electron chi connectivity index (χ3n) is 2.25. The van der Waals surface area contributed by atoms with E-state index in [2.05, 4.69) is 4.98 Å². The van der Waals surface area contributed by atoms with E-state index in [0.29, 0.717) is 12.3 Å². The molecule has 0 aliphatic heterocycles. The van der Waals surface area contributed by atoms with E-state index >= 15 is 0 Å². The second kappa shape index (κ2) is 4.37. The van der Waals surface area contributed by atoms with Gasteiger partial charge in [-0.05, 0) is 24.6 Å². The summed E-state index contributed by atoms with van der Waals surface area (Å²) < 4.78 is 5.23. The van der Waals surface area contributed by atoms with Gasteiger partial charge in [0.25, 0.3) is 0 Å². The molecule has 2 aromatic rings. The van der Waals surface area contributed by atoms with Crippen molar-refractivity contribution in [1.82, 2.24) is 4.98 Å². The first-order chi connectivity index (χ1) is 7.65. The van der Waals surface area contributed by atoms with Crippen LogP contribution in [0.15, 0.2) is 34.9 Å². The summed E-state index contributed by atoms with van der Waals surface area (Å²) in [5.74, 6) is 0.795. The van der Waals surface area contributed by atoms with Gasteiger partial charge < -0.3 is 15.3 Å². The fourth-order valence-electron chi connectivity index (χ4n) is 1.49. The summed E-state index contributed by atoms with van der Waals surface area (Å²) in [6.07, 6.45) is 2.23. The van der Waals surface area contributed by atoms with Crippen molar-refractivity contribution >= 4 is 0 Å². The van der Waals surface area contributed by atoms with Crippen LogP contribution in [0.1, 0.15) is 30.1 Å². The van der Waals surface area contributed by atoms with Crippen molar-refractivity contribution < 1.29 is 9.52 Å². The highest BCUT2D eigenvalue weighted by atomic mass is 16.3. The van der Waals surface area contributed by atoms with Crippen molar-refractivity contribution in [3.63, 3.8) is 0 Å². The highest BCUT2D eigenvalue weighted by molar-refractivity contribution is 5.29. The van der Waals surface area contributed by atoms with Gasteiger partial charge in [-0.15, -0.1) is 0 Å². The molecule has 84 valence electrons. The lowest BCUT2D eigenvalue weighted by Gasteiger charge is -1.98. The van der Waals surface area contributed by atoms with E-state index in [9.17, 15) is 5.11 Å². The van der Waals surface area contributed by atoms with Gasteiger partial charge in [-0.25, -0.2) is 4.98 Å². The minimum absolute atomic E-state index is 0.196. The lowest BCUT2D eigenvalue weighted by Crippen LogP contribution is -2.05. The number of aromatic hydroxyl groups is 1. The summed E-state index contributed by atoms with van der Waals surface area (Å²) in [5.41, 5.74) is 7.46. The zero-order valence-electron chi connectivity index (χ0n) is 9.05. The number of phenols is 1. The van der Waals surface area contributed by atoms with Crippen LogP contribution in [-0.4, -0.2) is 10.1 Å². The highest BCUT2D eigenvalue weighted by Gasteiger charge is 2.08. The highest BCUT2D eigenvalue weighted by Crippen LogP contribution is 2.16. The number of oxazole rings is 1. The van der Waals surface area contributed by atoms with Crippen LogP contribution in [0.5, 0.6) is 5.75 Å². The summed E-state index contributed by atoms with van der Waals surface area (Å²) >= 11 is 0. The van der Waals surface area contributed by atoms with Gasteiger partial charge in [0.1, 0.15) is 12.0 Å². The Kier molecular flexibility index (Phi) is 2.92. The predicted octanol–water partition coefficient (Wildman–Crippen LogP) is 1.99. The Hall–Kier alpha value is -1.81. The average molecular weight is 218 g/mol. The zero-order chi connectivity index (χ0) is 11.5. The Morgan fingerprint density at radius 2 is 2.31 bits per heavy atom. The van der Waals surface area contributed by atoms with E-state index < -0.39 is 0 Å². The number of benzene rings is 1. The van der Waals surface area contributed by atoms with Crippen LogP contribution < -0.4 is 5.73 Å². The van der Waals surface area contributed by atoms with E-state index in [4.69, 9.17) is 10.2 Å². The molecule has 1 atom stereocenters. The zero-order valence-corrected chi connectivity index (χ0v) is 9.05. The lowest BCUT2D eigenvalue weighted by atomic mass is 10.1. The molecular weight excluding hydrogens is 204 g/mol. The molecule has 1 aromatic heterocycles. The third kappa shape index (κ3) is 2.41. The van der Waals surface area contributed by atoms with Crippen LogP contribution in [0.2, 0.25) is 0 Å². The maximum absolute atomic E-state index is 9.32. The van der Waals surface area contributed by atoms with Crippen LogP contribution in [-0.2, 0) is 6.42 Å². The molecule has 0 aliphatic rings. The first kappa shape index (κ1) is 10.7. The summed E-state index contributed by atoms with van der Waals surface area (Å²) in [7, 11) is 0. The Morgan fingerprint density at radius 1 is 1.50 bits per heavy atom. The molecule has 1 heterocycles. The number of aromatic nitrogens is 1. The van der Waals surface area contributed by atoms with Gasteiger partial charge in [0, 0.05) is 6.42 Å². The number of hydrogen-bond donors (Lipinski definition) is 2. The quantitative estimate of drug-likeness (QED) is 0.826. The molecule has 0 bridgehead atoms. The van der Waals surface area contributed by atoms with Crippen molar-refractivity contribution in [2.75, 3.05) is 0 Å². The normalized spacial score (nSPS) is 12.6. The largest absolute Gasteiger partial charge is 0.508 e. The molecule has 16 heavy (non-hydrogen) atoms. The number of phenolic OH excluding ortho intramolecular Hbond substituents is 1. The molecule has 1 aromatic carbocycles. The molecule has 0 amide bonds. The molecule has 4 nitrogen and oxygen atoms in total. The Morgan fingerprint density at radius 3 is 2.94 bits per heavy atom. The van der Waals surface area contributed by atoms with Gasteiger partial charge in [-0.1, -0.05) is 12.1 Å². The fraction of sp³-hybridized carbons (Fsp3) is 0.250. The molecule has 0 aliphatic carbocycles. The average Bonchev–Trinajstić information content (AvgIpc) is 2.66. The Labute approximate surface area is 93.7 Å². The van der Waals surface area contributed by atoms with Crippen LogP contribution in [0.4, 0.5) is 0 Å². The summed E-state index contributed by atoms with van der Waals surface area (Å²) in [6, 6.07) is 6.88. The second-order valence-electron chi connectivity index (χ2n) is 3.81. The number of hydrogen-bond acceptors (Lipinski definition) is 4. The van der Waals surface area contributed by atoms with Gasteiger partial charge in [-0.3, -0.25) is 0 Å². The predicted molar refractivity (Wildman–Crippen MR) is 60.0 cm³/mol. The van der Waals surface area contributed by atoms with Gasteiger partial charge in [0.2, 0.25) is 5.89 Å². The smallest absolute Gasteiger partial charge is 0.210 e. The minimum Gasteiger partial charge on any atom is -0.508 e. The number of nitrogens with zero attached hydrogens (tertiary/aromatic N) is 1. The molecule has 0 saturated carbocycles. The van der Waals surface area contributed by atoms with Crippen molar-refractivity contribution in [2.24, 2.45) is 5.73 Å². The maximum atomic E-state index is 9.32. The number of rotatable bonds is 3. The van der Waals surface area contributed by atoms with Gasteiger partial charge in [0.05, 0.1) is 11.7 Å². The van der Waals surface area contributed by atoms with Crippen molar-refractivity contribution in [2.45, 2.75) is 19.4 Å². The van der Waals surface area contributed by atoms with Gasteiger partial charge >= 0.3 is 0 Å². The molecule has 4 heteroatoms. The van der Waals surface area contributed by atoms with Crippen LogP contribution in [0.3, 0.4) is 0 Å². The van der Waals surface area contributed by atoms with Crippen LogP contribution >= 0.6 is 0 Å². The molecule has 1 unspecified atom stereocenters. The van der Waals surface area contributed by atoms with E-state index in [0.717, 1.165) is 11.3 Å². The minimum atomic E-state index is -0.196. The van der Waals surface area contributed by atoms with Crippen LogP contribution in [0.25, 0.3) is 0 Å². The van der Waals surface area contributed by atoms with Crippen molar-refractivity contribution in [3.8, 4) is 5.75 Å². The molecule has 0 radical (unpaired) electrons. The van der Waals surface area contributed by atoms with Gasteiger partial charge in [-0.2, -0.15) is 0 Å². The first-order valence-electron chi connectivity index (χ1n) is 5.13. The molecule has 0 saturated heterocycles. The SMILES string of the molecule is CC(N)c1nc(Cc2cccc(O)c2)co1. The summed E-state index contributed by atoms with van der Waals surface area (Å²) in [5, 5.41) is 9.32. The summed E-state index contributed by atoms with van der Waals surface area (Å²) in [4.78, 5) is 4.26. The first-order valence-corrected chi connectivity index (χ1v) is 5.13. The topological polar surface area (TPSA) is 72.3 Å². The molecule has 0 fully saturated rings. The lowest BCUT2D eigenvalue weighted by molar-refractivity contribution is 0.463. The van der Waals surface area contributed by atoms with E-state index in [1.807, 2.05) is 13.0 Å². The molecular formula is C12H14N2O2. The fourth-order valence-corrected chi connectivity index (χ4v) is 1.49. The maximum Gasteiger partial charge on any atom is 0.210 e. The Bertz CT molecular complexity index is 477. The second-order valence-corrected chi connectivity index (χ2v) is 3.81. The van der Waals surface area contributed by atoms with Crippen LogP contribution in [0, 0.1) is 0 Å². The van der Waals surface area contributed by atoms with Crippen molar-refractivity contribution in [1.29, 1.82) is 0 Å². The molecule has 3 N–H and O–H groups in total. The number of nitrogens with two attached hydrogens (primary N) is 1. The third-order valence-corrected chi connectivity index (χ3v) is 2.25. The van der Waals surface area contributed by atoms with E-state index in [1.165, 1.54) is 0 Å². The van der Waals surface area contributed by atoms with Crippen molar-refractivity contribution in [3.05, 3.63) is 47.7 Å². The monoisotopic (exact) mass is 218 g/mol. The summed E-state index contributed by atoms with van der Waals surface area (Å²) in [6.45, 7) is 1.82. The molecule has 0 spiro atoms. The Balaban J connectivity index is 2.14.